The highest BCUT2D eigenvalue weighted by atomic mass is 32.1. The largest absolute Gasteiger partial charge is 0.464 e. The van der Waals surface area contributed by atoms with Crippen LogP contribution < -0.4 is 5.73 Å². The summed E-state index contributed by atoms with van der Waals surface area (Å²) in [4.78, 5) is 18.7. The van der Waals surface area contributed by atoms with Gasteiger partial charge in [0.2, 0.25) is 0 Å². The van der Waals surface area contributed by atoms with E-state index in [0.29, 0.717) is 12.2 Å². The first kappa shape index (κ1) is 15.7. The number of carbonyl (C=O) groups is 1. The van der Waals surface area contributed by atoms with Crippen LogP contribution in [0.15, 0.2) is 21.9 Å². The Hall–Kier alpha value is -1.66. The van der Waals surface area contributed by atoms with E-state index in [0.717, 1.165) is 16.5 Å². The summed E-state index contributed by atoms with van der Waals surface area (Å²) in [6, 6.07) is 3.70. The normalized spacial score (nSPS) is 12.7. The molecular weight excluding hydrogens is 286 g/mol. The SMILES string of the molecule is Cc1ccc(CN(C(=O)c2csc(C(C)N)n2)C(C)C)o1. The van der Waals surface area contributed by atoms with Crippen molar-refractivity contribution in [3.63, 3.8) is 0 Å². The van der Waals surface area contributed by atoms with Gasteiger partial charge in [0, 0.05) is 11.4 Å². The summed E-state index contributed by atoms with van der Waals surface area (Å²) < 4.78 is 5.56. The van der Waals surface area contributed by atoms with E-state index >= 15 is 0 Å². The van der Waals surface area contributed by atoms with E-state index in [1.54, 1.807) is 10.3 Å². The minimum Gasteiger partial charge on any atom is -0.464 e. The minimum atomic E-state index is -0.156. The Bertz CT molecular complexity index is 616. The van der Waals surface area contributed by atoms with Crippen LogP contribution in [0.1, 0.15) is 53.8 Å². The molecule has 2 rings (SSSR count). The Morgan fingerprint density at radius 2 is 2.14 bits per heavy atom. The van der Waals surface area contributed by atoms with Gasteiger partial charge in [0.1, 0.15) is 22.2 Å². The van der Waals surface area contributed by atoms with Crippen molar-refractivity contribution in [2.75, 3.05) is 0 Å². The number of furan rings is 1. The van der Waals surface area contributed by atoms with Crippen molar-refractivity contribution in [3.8, 4) is 0 Å². The highest BCUT2D eigenvalue weighted by Gasteiger charge is 2.23. The third-order valence-corrected chi connectivity index (χ3v) is 4.18. The number of aryl methyl sites for hydroxylation is 1. The van der Waals surface area contributed by atoms with Crippen LogP contribution in [-0.2, 0) is 6.54 Å². The number of rotatable bonds is 5. The van der Waals surface area contributed by atoms with Gasteiger partial charge in [-0.25, -0.2) is 4.98 Å². The van der Waals surface area contributed by atoms with Crippen LogP contribution >= 0.6 is 11.3 Å². The maximum absolute atomic E-state index is 12.6. The van der Waals surface area contributed by atoms with E-state index in [-0.39, 0.29) is 18.0 Å². The smallest absolute Gasteiger partial charge is 0.273 e. The van der Waals surface area contributed by atoms with Gasteiger partial charge >= 0.3 is 0 Å². The fourth-order valence-corrected chi connectivity index (χ4v) is 2.72. The molecule has 0 aliphatic rings. The number of carbonyl (C=O) groups excluding carboxylic acids is 1. The average Bonchev–Trinajstić information content (AvgIpc) is 3.03. The molecule has 0 aliphatic carbocycles. The summed E-state index contributed by atoms with van der Waals surface area (Å²) in [5, 5.41) is 2.54. The first-order chi connectivity index (χ1) is 9.88. The zero-order valence-corrected chi connectivity index (χ0v) is 13.6. The van der Waals surface area contributed by atoms with E-state index < -0.39 is 0 Å². The molecular formula is C15H21N3O2S. The van der Waals surface area contributed by atoms with Crippen molar-refractivity contribution in [2.45, 2.75) is 46.3 Å². The molecule has 0 bridgehead atoms. The molecule has 1 atom stereocenters. The molecule has 0 radical (unpaired) electrons. The topological polar surface area (TPSA) is 72.4 Å². The van der Waals surface area contributed by atoms with Crippen LogP contribution in [0.25, 0.3) is 0 Å². The summed E-state index contributed by atoms with van der Waals surface area (Å²) in [6.07, 6.45) is 0. The van der Waals surface area contributed by atoms with Crippen molar-refractivity contribution >= 4 is 17.2 Å². The lowest BCUT2D eigenvalue weighted by atomic mass is 10.2. The Morgan fingerprint density at radius 3 is 2.62 bits per heavy atom. The minimum absolute atomic E-state index is 0.0587. The quantitative estimate of drug-likeness (QED) is 0.921. The first-order valence-electron chi connectivity index (χ1n) is 6.95. The predicted octanol–water partition coefficient (Wildman–Crippen LogP) is 3.12. The zero-order chi connectivity index (χ0) is 15.6. The lowest BCUT2D eigenvalue weighted by Gasteiger charge is -2.25. The number of nitrogens with two attached hydrogens (primary N) is 1. The van der Waals surface area contributed by atoms with Crippen LogP contribution in [0.2, 0.25) is 0 Å². The highest BCUT2D eigenvalue weighted by Crippen LogP contribution is 2.19. The Morgan fingerprint density at radius 1 is 1.43 bits per heavy atom. The van der Waals surface area contributed by atoms with Gasteiger partial charge in [-0.3, -0.25) is 4.79 Å². The van der Waals surface area contributed by atoms with Crippen molar-refractivity contribution in [1.82, 2.24) is 9.88 Å². The van der Waals surface area contributed by atoms with E-state index in [1.165, 1.54) is 11.3 Å². The van der Waals surface area contributed by atoms with Crippen LogP contribution in [0.4, 0.5) is 0 Å². The van der Waals surface area contributed by atoms with Crippen LogP contribution in [0.5, 0.6) is 0 Å². The van der Waals surface area contributed by atoms with Crippen molar-refractivity contribution in [3.05, 3.63) is 39.7 Å². The second kappa shape index (κ2) is 6.41. The fourth-order valence-electron chi connectivity index (χ4n) is 1.97. The molecule has 114 valence electrons. The summed E-state index contributed by atoms with van der Waals surface area (Å²) in [6.45, 7) is 8.15. The Labute approximate surface area is 128 Å². The van der Waals surface area contributed by atoms with Gasteiger partial charge in [-0.2, -0.15) is 0 Å². The molecule has 0 fully saturated rings. The second-order valence-corrected chi connectivity index (χ2v) is 6.29. The summed E-state index contributed by atoms with van der Waals surface area (Å²) in [5.74, 6) is 1.52. The molecule has 1 unspecified atom stereocenters. The van der Waals surface area contributed by atoms with Gasteiger partial charge in [-0.05, 0) is 39.8 Å². The standard InChI is InChI=1S/C15H21N3O2S/c1-9(2)18(7-12-6-5-10(3)20-12)15(19)13-8-21-14(17-13)11(4)16/h5-6,8-9,11H,7,16H2,1-4H3. The molecule has 2 heterocycles. The summed E-state index contributed by atoms with van der Waals surface area (Å²) in [7, 11) is 0. The molecule has 2 aromatic heterocycles. The van der Waals surface area contributed by atoms with Crippen molar-refractivity contribution in [1.29, 1.82) is 0 Å². The molecule has 0 saturated heterocycles. The number of hydrogen-bond acceptors (Lipinski definition) is 5. The first-order valence-corrected chi connectivity index (χ1v) is 7.83. The fraction of sp³-hybridized carbons (Fsp3) is 0.467. The molecule has 0 aromatic carbocycles. The van der Waals surface area contributed by atoms with E-state index in [2.05, 4.69) is 4.98 Å². The maximum atomic E-state index is 12.6. The highest BCUT2D eigenvalue weighted by molar-refractivity contribution is 7.09. The van der Waals surface area contributed by atoms with Crippen molar-refractivity contribution in [2.24, 2.45) is 5.73 Å². The molecule has 21 heavy (non-hydrogen) atoms. The van der Waals surface area contributed by atoms with E-state index in [4.69, 9.17) is 10.2 Å². The van der Waals surface area contributed by atoms with Gasteiger partial charge in [0.05, 0.1) is 12.6 Å². The molecule has 2 N–H and O–H groups in total. The summed E-state index contributed by atoms with van der Waals surface area (Å²) in [5.41, 5.74) is 6.25. The molecule has 5 nitrogen and oxygen atoms in total. The lowest BCUT2D eigenvalue weighted by molar-refractivity contribution is 0.0670. The number of nitrogens with zero attached hydrogens (tertiary/aromatic N) is 2. The molecule has 0 saturated carbocycles. The Balaban J connectivity index is 2.18. The van der Waals surface area contributed by atoms with Gasteiger partial charge in [0.25, 0.3) is 5.91 Å². The average molecular weight is 307 g/mol. The van der Waals surface area contributed by atoms with E-state index in [1.807, 2.05) is 39.8 Å². The number of amides is 1. The molecule has 2 aromatic rings. The molecule has 1 amide bonds. The summed E-state index contributed by atoms with van der Waals surface area (Å²) >= 11 is 1.42. The van der Waals surface area contributed by atoms with Gasteiger partial charge < -0.3 is 15.1 Å². The van der Waals surface area contributed by atoms with Crippen LogP contribution in [0.3, 0.4) is 0 Å². The maximum Gasteiger partial charge on any atom is 0.273 e. The predicted molar refractivity (Wildman–Crippen MR) is 83.2 cm³/mol. The number of aromatic nitrogens is 1. The third-order valence-electron chi connectivity index (χ3n) is 3.14. The zero-order valence-electron chi connectivity index (χ0n) is 12.8. The Kier molecular flexibility index (Phi) is 4.80. The van der Waals surface area contributed by atoms with Gasteiger partial charge in [-0.15, -0.1) is 11.3 Å². The number of hydrogen-bond donors (Lipinski definition) is 1. The molecule has 0 spiro atoms. The monoisotopic (exact) mass is 307 g/mol. The molecule has 0 aliphatic heterocycles. The van der Waals surface area contributed by atoms with Crippen LogP contribution in [0, 0.1) is 6.92 Å². The van der Waals surface area contributed by atoms with Crippen LogP contribution in [-0.4, -0.2) is 21.8 Å². The van der Waals surface area contributed by atoms with Gasteiger partial charge in [-0.1, -0.05) is 0 Å². The van der Waals surface area contributed by atoms with Gasteiger partial charge in [0.15, 0.2) is 0 Å². The van der Waals surface area contributed by atoms with E-state index in [9.17, 15) is 4.79 Å². The van der Waals surface area contributed by atoms with Crippen molar-refractivity contribution < 1.29 is 9.21 Å². The third kappa shape index (κ3) is 3.71. The lowest BCUT2D eigenvalue weighted by Crippen LogP contribution is -2.36. The molecule has 6 heteroatoms. The number of thiazole rings is 1. The second-order valence-electron chi connectivity index (χ2n) is 5.40.